The summed E-state index contributed by atoms with van der Waals surface area (Å²) >= 11 is 0. The number of carboxylic acid groups (broad SMARTS) is 1. The van der Waals surface area contributed by atoms with Crippen LogP contribution in [-0.2, 0) is 14.3 Å². The Morgan fingerprint density at radius 1 is 1.03 bits per heavy atom. The van der Waals surface area contributed by atoms with Gasteiger partial charge in [-0.1, -0.05) is 48.6 Å². The van der Waals surface area contributed by atoms with Crippen LogP contribution in [0.4, 0.5) is 4.39 Å². The number of nitrogens with one attached hydrogen (secondary N) is 1. The van der Waals surface area contributed by atoms with Gasteiger partial charge in [-0.25, -0.2) is 4.39 Å². The van der Waals surface area contributed by atoms with E-state index in [0.717, 1.165) is 27.7 Å². The van der Waals surface area contributed by atoms with E-state index >= 15 is 0 Å². The van der Waals surface area contributed by atoms with Crippen LogP contribution in [0.3, 0.4) is 0 Å². The second kappa shape index (κ2) is 11.0. The summed E-state index contributed by atoms with van der Waals surface area (Å²) in [5.74, 6) is -1.10. The minimum Gasteiger partial charge on any atom is -0.508 e. The average molecular weight is 502 g/mol. The summed E-state index contributed by atoms with van der Waals surface area (Å²) in [6, 6.07) is 21.2. The highest BCUT2D eigenvalue weighted by molar-refractivity contribution is 5.91. The number of carbonyl (C=O) groups is 1. The van der Waals surface area contributed by atoms with E-state index in [1.807, 2.05) is 48.6 Å². The van der Waals surface area contributed by atoms with Gasteiger partial charge >= 0.3 is 5.97 Å². The van der Waals surface area contributed by atoms with Gasteiger partial charge in [0.2, 0.25) is 0 Å². The number of aliphatic carboxylic acids is 1. The third kappa shape index (κ3) is 5.43. The molecule has 0 saturated carbocycles. The van der Waals surface area contributed by atoms with Crippen molar-refractivity contribution in [1.82, 2.24) is 4.98 Å². The number of allylic oxidation sites excluding steroid dienone is 2. The molecule has 1 saturated heterocycles. The zero-order valence-corrected chi connectivity index (χ0v) is 20.1. The maximum Gasteiger partial charge on any atom is 0.303 e. The maximum atomic E-state index is 13.7. The Morgan fingerprint density at radius 2 is 1.78 bits per heavy atom. The number of rotatable bonds is 8. The highest BCUT2D eigenvalue weighted by Gasteiger charge is 2.36. The average Bonchev–Trinajstić information content (AvgIpc) is 3.29. The summed E-state index contributed by atoms with van der Waals surface area (Å²) in [6.45, 7) is 0.370. The molecule has 1 aliphatic heterocycles. The molecule has 6 nitrogen and oxygen atoms in total. The molecule has 3 atom stereocenters. The Labute approximate surface area is 214 Å². The van der Waals surface area contributed by atoms with Crippen molar-refractivity contribution >= 4 is 16.9 Å². The number of hydrogen-bond acceptors (Lipinski definition) is 4. The maximum absolute atomic E-state index is 13.7. The molecule has 1 unspecified atom stereocenters. The van der Waals surface area contributed by atoms with Crippen molar-refractivity contribution in [3.05, 3.63) is 102 Å². The normalized spacial score (nSPS) is 20.0. The summed E-state index contributed by atoms with van der Waals surface area (Å²) in [5.41, 5.74) is 3.99. The third-order valence-corrected chi connectivity index (χ3v) is 6.65. The second-order valence-electron chi connectivity index (χ2n) is 9.15. The number of ether oxygens (including phenoxy) is 2. The van der Waals surface area contributed by atoms with Crippen LogP contribution in [0.15, 0.2) is 84.9 Å². The minimum absolute atomic E-state index is 0.0753. The number of benzene rings is 3. The number of halogens is 1. The van der Waals surface area contributed by atoms with Crippen molar-refractivity contribution < 1.29 is 28.9 Å². The molecular weight excluding hydrogens is 473 g/mol. The van der Waals surface area contributed by atoms with Crippen LogP contribution in [0, 0.1) is 11.7 Å². The fourth-order valence-corrected chi connectivity index (χ4v) is 4.83. The van der Waals surface area contributed by atoms with Gasteiger partial charge in [-0.2, -0.15) is 0 Å². The molecule has 2 heterocycles. The first-order valence-corrected chi connectivity index (χ1v) is 12.3. The molecule has 0 radical (unpaired) electrons. The van der Waals surface area contributed by atoms with Gasteiger partial charge in [-0.05, 0) is 54.8 Å². The molecule has 0 amide bonds. The minimum atomic E-state index is -0.834. The van der Waals surface area contributed by atoms with Crippen molar-refractivity contribution in [1.29, 1.82) is 0 Å². The monoisotopic (exact) mass is 501 g/mol. The molecule has 0 spiro atoms. The molecule has 4 aromatic rings. The van der Waals surface area contributed by atoms with Crippen molar-refractivity contribution in [2.75, 3.05) is 6.61 Å². The molecule has 3 aromatic carbocycles. The van der Waals surface area contributed by atoms with E-state index in [4.69, 9.17) is 14.6 Å². The summed E-state index contributed by atoms with van der Waals surface area (Å²) in [4.78, 5) is 14.2. The van der Waals surface area contributed by atoms with E-state index in [-0.39, 0.29) is 23.9 Å². The standard InChI is InChI=1S/C30H28FNO5/c31-21-16-14-19(15-17-21)28-27(22-9-4-6-11-24(22)32-28)30-36-18-20(8-2-1-3-13-26(34)35)29(37-30)23-10-5-7-12-25(23)33/h1-2,4-7,9-12,14-17,20,29-30,32-33H,3,8,13,18H2,(H,34,35)/t20-,29+,30?/m1/s1. The topological polar surface area (TPSA) is 91.8 Å². The Kier molecular flexibility index (Phi) is 7.35. The van der Waals surface area contributed by atoms with Crippen molar-refractivity contribution in [3.63, 3.8) is 0 Å². The second-order valence-corrected chi connectivity index (χ2v) is 9.15. The molecule has 1 aliphatic rings. The van der Waals surface area contributed by atoms with E-state index < -0.39 is 18.4 Å². The van der Waals surface area contributed by atoms with Gasteiger partial charge in [0.05, 0.1) is 18.4 Å². The molecular formula is C30H28FNO5. The largest absolute Gasteiger partial charge is 0.508 e. The molecule has 0 aliphatic carbocycles. The number of H-pyrrole nitrogens is 1. The van der Waals surface area contributed by atoms with Crippen LogP contribution < -0.4 is 0 Å². The number of phenols is 1. The van der Waals surface area contributed by atoms with E-state index in [1.165, 1.54) is 12.1 Å². The van der Waals surface area contributed by atoms with Gasteiger partial charge in [0.15, 0.2) is 6.29 Å². The van der Waals surface area contributed by atoms with E-state index in [9.17, 15) is 14.3 Å². The first-order valence-electron chi connectivity index (χ1n) is 12.3. The van der Waals surface area contributed by atoms with Crippen molar-refractivity contribution in [3.8, 4) is 17.0 Å². The summed E-state index contributed by atoms with van der Waals surface area (Å²) in [5, 5.41) is 20.5. The number of aromatic amines is 1. The lowest BCUT2D eigenvalue weighted by Crippen LogP contribution is -2.30. The smallest absolute Gasteiger partial charge is 0.303 e. The number of hydrogen-bond donors (Lipinski definition) is 3. The fourth-order valence-electron chi connectivity index (χ4n) is 4.83. The molecule has 1 fully saturated rings. The third-order valence-electron chi connectivity index (χ3n) is 6.65. The van der Waals surface area contributed by atoms with Crippen LogP contribution in [0.1, 0.15) is 42.8 Å². The number of para-hydroxylation sites is 2. The molecule has 5 rings (SSSR count). The van der Waals surface area contributed by atoms with Gasteiger partial charge in [0.25, 0.3) is 0 Å². The first kappa shape index (κ1) is 24.7. The zero-order chi connectivity index (χ0) is 25.8. The zero-order valence-electron chi connectivity index (χ0n) is 20.1. The van der Waals surface area contributed by atoms with Crippen molar-refractivity contribution in [2.45, 2.75) is 31.7 Å². The Morgan fingerprint density at radius 3 is 2.57 bits per heavy atom. The lowest BCUT2D eigenvalue weighted by Gasteiger charge is -2.37. The number of aromatic nitrogens is 1. The molecule has 0 bridgehead atoms. The number of carboxylic acids is 1. The van der Waals surface area contributed by atoms with E-state index in [1.54, 1.807) is 24.3 Å². The molecule has 7 heteroatoms. The molecule has 37 heavy (non-hydrogen) atoms. The summed E-state index contributed by atoms with van der Waals surface area (Å²) in [7, 11) is 0. The first-order chi connectivity index (χ1) is 18.0. The lowest BCUT2D eigenvalue weighted by atomic mass is 9.91. The number of phenolic OH excluding ortho intramolecular Hbond substituents is 1. The Balaban J connectivity index is 1.49. The van der Waals surface area contributed by atoms with Gasteiger partial charge in [0, 0.05) is 34.4 Å². The van der Waals surface area contributed by atoms with Crippen LogP contribution >= 0.6 is 0 Å². The summed E-state index contributed by atoms with van der Waals surface area (Å²) in [6.07, 6.45) is 3.74. The van der Waals surface area contributed by atoms with Gasteiger partial charge in [-0.3, -0.25) is 4.79 Å². The summed E-state index contributed by atoms with van der Waals surface area (Å²) < 4.78 is 26.5. The lowest BCUT2D eigenvalue weighted by molar-refractivity contribution is -0.243. The molecule has 1 aromatic heterocycles. The Bertz CT molecular complexity index is 1410. The highest BCUT2D eigenvalue weighted by Crippen LogP contribution is 2.46. The van der Waals surface area contributed by atoms with E-state index in [0.29, 0.717) is 25.0 Å². The molecule has 3 N–H and O–H groups in total. The van der Waals surface area contributed by atoms with Crippen LogP contribution in [0.2, 0.25) is 0 Å². The number of fused-ring (bicyclic) bond motifs is 1. The van der Waals surface area contributed by atoms with Crippen LogP contribution in [0.25, 0.3) is 22.2 Å². The predicted molar refractivity (Wildman–Crippen MR) is 138 cm³/mol. The Hall–Kier alpha value is -3.94. The quantitative estimate of drug-likeness (QED) is 0.229. The van der Waals surface area contributed by atoms with Gasteiger partial charge < -0.3 is 24.7 Å². The van der Waals surface area contributed by atoms with E-state index in [2.05, 4.69) is 4.98 Å². The molecule has 190 valence electrons. The van der Waals surface area contributed by atoms with Gasteiger partial charge in [-0.15, -0.1) is 0 Å². The SMILES string of the molecule is O=C(O)CCC=CC[C@@H]1COC(c2c(-c3ccc(F)cc3)[nH]c3ccccc23)O[C@@H]1c1ccccc1O. The van der Waals surface area contributed by atoms with Gasteiger partial charge in [0.1, 0.15) is 11.6 Å². The number of aromatic hydroxyl groups is 1. The predicted octanol–water partition coefficient (Wildman–Crippen LogP) is 6.89. The van der Waals surface area contributed by atoms with Crippen LogP contribution in [0.5, 0.6) is 5.75 Å². The highest BCUT2D eigenvalue weighted by atomic mass is 19.1. The fraction of sp³-hybridized carbons (Fsp3) is 0.233. The van der Waals surface area contributed by atoms with Crippen molar-refractivity contribution in [2.24, 2.45) is 5.92 Å². The van der Waals surface area contributed by atoms with Crippen LogP contribution in [-0.4, -0.2) is 27.8 Å².